The summed E-state index contributed by atoms with van der Waals surface area (Å²) in [6, 6.07) is 1.91. The zero-order valence-corrected chi connectivity index (χ0v) is 27.5. The molecule has 1 spiro atoms. The molecular formula is C36H41N5O8. The molecule has 258 valence electrons. The summed E-state index contributed by atoms with van der Waals surface area (Å²) in [6.45, 7) is 1.71. The van der Waals surface area contributed by atoms with Crippen molar-refractivity contribution in [1.82, 2.24) is 14.9 Å². The minimum atomic E-state index is -2.96. The van der Waals surface area contributed by atoms with Crippen LogP contribution in [0.15, 0.2) is 35.2 Å². The largest absolute Gasteiger partial charge is 0.508 e. The van der Waals surface area contributed by atoms with Gasteiger partial charge in [-0.05, 0) is 92.8 Å². The lowest BCUT2D eigenvalue weighted by atomic mass is 9.48. The Morgan fingerprint density at radius 3 is 2.37 bits per heavy atom. The zero-order valence-electron chi connectivity index (χ0n) is 27.5. The third-order valence-electron chi connectivity index (χ3n) is 13.9. The van der Waals surface area contributed by atoms with Crippen LogP contribution in [0.4, 0.5) is 11.6 Å². The number of hydrogen-bond donors (Lipinski definition) is 8. The number of aliphatic hydroxyl groups excluding tert-OH is 3. The number of benzene rings is 1. The van der Waals surface area contributed by atoms with Crippen LogP contribution >= 0.6 is 0 Å². The van der Waals surface area contributed by atoms with Crippen molar-refractivity contribution in [3.8, 4) is 5.75 Å². The van der Waals surface area contributed by atoms with Crippen molar-refractivity contribution in [2.24, 2.45) is 46.7 Å². The van der Waals surface area contributed by atoms with Gasteiger partial charge in [-0.1, -0.05) is 13.0 Å². The van der Waals surface area contributed by atoms with E-state index in [1.165, 1.54) is 51.1 Å². The second kappa shape index (κ2) is 9.73. The SMILES string of the molecule is C[C@H]1c2ccc(Nc3ncc(C4C5CC6CC7CC4C5(C6)C7)[nH]3)c(O)c2C(O)=C2C(=O)[C@]3(O)C(O)=C(C(N)=O)C(=O)[C@@H](N(C)C)[C@@H]3[C@@H](O)[C@@H]21. The Hall–Kier alpha value is -4.20. The Labute approximate surface area is 281 Å². The Morgan fingerprint density at radius 1 is 1.06 bits per heavy atom. The number of likely N-dealkylation sites (N-methyl/N-ethyl adjacent to an activating group) is 1. The van der Waals surface area contributed by atoms with Gasteiger partial charge < -0.3 is 41.6 Å². The number of carbonyl (C=O) groups excluding carboxylic acids is 3. The number of hydrogen-bond acceptors (Lipinski definition) is 11. The number of nitrogens with one attached hydrogen (secondary N) is 2. The van der Waals surface area contributed by atoms with Crippen LogP contribution < -0.4 is 11.1 Å². The van der Waals surface area contributed by atoms with Crippen molar-refractivity contribution >= 4 is 34.9 Å². The van der Waals surface area contributed by atoms with E-state index in [-0.39, 0.29) is 17.0 Å². The lowest BCUT2D eigenvalue weighted by molar-refractivity contribution is -0.169. The first-order valence-corrected chi connectivity index (χ1v) is 17.2. The second-order valence-electron chi connectivity index (χ2n) is 16.1. The van der Waals surface area contributed by atoms with Gasteiger partial charge in [-0.25, -0.2) is 4.98 Å². The first-order chi connectivity index (χ1) is 23.2. The van der Waals surface area contributed by atoms with Gasteiger partial charge in [-0.3, -0.25) is 19.3 Å². The number of carbonyl (C=O) groups is 3. The summed E-state index contributed by atoms with van der Waals surface area (Å²) < 4.78 is 0. The van der Waals surface area contributed by atoms with E-state index in [1.54, 1.807) is 19.1 Å². The summed E-state index contributed by atoms with van der Waals surface area (Å²) in [5.41, 5.74) is 3.23. The molecule has 13 nitrogen and oxygen atoms in total. The highest BCUT2D eigenvalue weighted by Gasteiger charge is 2.72. The number of nitrogens with two attached hydrogens (primary N) is 1. The number of phenolic OH excluding ortho intramolecular Hbond substituents is 1. The average molecular weight is 672 g/mol. The molecule has 2 aromatic rings. The van der Waals surface area contributed by atoms with Crippen LogP contribution in [0.5, 0.6) is 5.75 Å². The lowest BCUT2D eigenvalue weighted by Crippen LogP contribution is -2.70. The van der Waals surface area contributed by atoms with Gasteiger partial charge in [0.05, 0.1) is 35.5 Å². The highest BCUT2D eigenvalue weighted by Crippen LogP contribution is 2.79. The van der Waals surface area contributed by atoms with Gasteiger partial charge in [0, 0.05) is 23.1 Å². The van der Waals surface area contributed by atoms with E-state index in [1.807, 2.05) is 6.20 Å². The lowest BCUT2D eigenvalue weighted by Gasteiger charge is -2.55. The standard InChI is InChI=1S/C36H41N5O8/c1-12-15-4-5-18(39-34-38-11-19(40-34)22-16-7-13-6-14-8-17(22)35(16,9-13)10-14)27(42)21(15)28(43)23-20(12)29(44)25-26(41(2)3)30(45)24(33(37)48)32(47)36(25,49)31(23)46/h4-5,11-14,16-17,20,22,25-26,29,42-44,47,49H,6-10H2,1-3H3,(H2,37,48)(H2,38,39,40)/t12-,13?,14?,16?,17?,20+,22?,25+,26-,29-,35?,36-/m0/s1. The van der Waals surface area contributed by atoms with E-state index >= 15 is 0 Å². The van der Waals surface area contributed by atoms with Gasteiger partial charge >= 0.3 is 0 Å². The van der Waals surface area contributed by atoms with E-state index < -0.39 is 75.6 Å². The number of nitrogens with zero attached hydrogens (tertiary/aromatic N) is 2. The van der Waals surface area contributed by atoms with Crippen molar-refractivity contribution < 1.29 is 39.9 Å². The fourth-order valence-corrected chi connectivity index (χ4v) is 12.2. The number of aromatic nitrogens is 2. The predicted molar refractivity (Wildman–Crippen MR) is 174 cm³/mol. The number of primary amides is 1. The molecule has 5 saturated carbocycles. The molecule has 4 unspecified atom stereocenters. The number of ketones is 2. The van der Waals surface area contributed by atoms with E-state index in [4.69, 9.17) is 5.73 Å². The van der Waals surface area contributed by atoms with Gasteiger partial charge in [0.15, 0.2) is 11.4 Å². The molecule has 0 radical (unpaired) electrons. The number of anilines is 2. The van der Waals surface area contributed by atoms with Crippen molar-refractivity contribution in [2.45, 2.75) is 68.6 Å². The number of H-pyrrole nitrogens is 1. The molecule has 1 aromatic carbocycles. The number of amides is 1. The number of fused-ring (bicyclic) bond motifs is 5. The summed E-state index contributed by atoms with van der Waals surface area (Å²) in [6.07, 6.45) is 6.90. The number of Topliss-reactive ketones (excluding diaryl/α,β-unsaturated/α-hetero) is 2. The van der Waals surface area contributed by atoms with Crippen LogP contribution in [-0.4, -0.2) is 89.7 Å². The number of imidazole rings is 1. The molecule has 5 fully saturated rings. The smallest absolute Gasteiger partial charge is 0.255 e. The quantitative estimate of drug-likeness (QED) is 0.170. The summed E-state index contributed by atoms with van der Waals surface area (Å²) in [5, 5.41) is 61.3. The minimum Gasteiger partial charge on any atom is -0.508 e. The fourth-order valence-electron chi connectivity index (χ4n) is 12.2. The predicted octanol–water partition coefficient (Wildman–Crippen LogP) is 2.50. The third kappa shape index (κ3) is 3.60. The molecule has 1 amide bonds. The summed E-state index contributed by atoms with van der Waals surface area (Å²) in [4.78, 5) is 49.3. The summed E-state index contributed by atoms with van der Waals surface area (Å²) >= 11 is 0. The van der Waals surface area contributed by atoms with Crippen LogP contribution in [0.1, 0.15) is 67.7 Å². The number of rotatable bonds is 5. The number of aliphatic hydroxyl groups is 4. The zero-order chi connectivity index (χ0) is 34.6. The maximum atomic E-state index is 14.3. The number of aromatic amines is 1. The molecule has 1 heterocycles. The summed E-state index contributed by atoms with van der Waals surface area (Å²) in [7, 11) is 2.95. The van der Waals surface area contributed by atoms with Crippen LogP contribution in [0.3, 0.4) is 0 Å². The molecule has 1 aromatic heterocycles. The number of phenols is 1. The first-order valence-electron chi connectivity index (χ1n) is 17.2. The average Bonchev–Trinajstić information content (AvgIpc) is 3.65. The molecule has 9 rings (SSSR count). The molecule has 13 heteroatoms. The van der Waals surface area contributed by atoms with Crippen LogP contribution in [-0.2, 0) is 14.4 Å². The molecule has 7 aliphatic carbocycles. The van der Waals surface area contributed by atoms with Crippen molar-refractivity contribution in [3.63, 3.8) is 0 Å². The fraction of sp³-hybridized carbons (Fsp3) is 0.556. The Morgan fingerprint density at radius 2 is 1.73 bits per heavy atom. The van der Waals surface area contributed by atoms with E-state index in [0.717, 1.165) is 17.5 Å². The maximum absolute atomic E-state index is 14.3. The van der Waals surface area contributed by atoms with Crippen LogP contribution in [0.25, 0.3) is 5.76 Å². The van der Waals surface area contributed by atoms with Gasteiger partial charge in [-0.2, -0.15) is 0 Å². The van der Waals surface area contributed by atoms with Crippen molar-refractivity contribution in [1.29, 1.82) is 0 Å². The molecule has 0 saturated heterocycles. The normalized spacial score (nSPS) is 41.4. The molecule has 10 atom stereocenters. The van der Waals surface area contributed by atoms with Crippen LogP contribution in [0, 0.1) is 40.9 Å². The van der Waals surface area contributed by atoms with Crippen molar-refractivity contribution in [2.75, 3.05) is 19.4 Å². The molecular weight excluding hydrogens is 630 g/mol. The van der Waals surface area contributed by atoms with E-state index in [2.05, 4.69) is 15.3 Å². The van der Waals surface area contributed by atoms with Crippen LogP contribution in [0.2, 0.25) is 0 Å². The summed E-state index contributed by atoms with van der Waals surface area (Å²) in [5.74, 6) is -5.29. The van der Waals surface area contributed by atoms with Crippen molar-refractivity contribution in [3.05, 3.63) is 52.1 Å². The van der Waals surface area contributed by atoms with Gasteiger partial charge in [0.1, 0.15) is 22.8 Å². The monoisotopic (exact) mass is 671 g/mol. The molecule has 7 aliphatic rings. The second-order valence-corrected chi connectivity index (χ2v) is 16.1. The number of aromatic hydroxyl groups is 1. The Bertz CT molecular complexity index is 1920. The molecule has 9 N–H and O–H groups in total. The molecule has 3 bridgehead atoms. The van der Waals surface area contributed by atoms with E-state index in [9.17, 15) is 39.9 Å². The van der Waals surface area contributed by atoms with E-state index in [0.29, 0.717) is 34.7 Å². The highest BCUT2D eigenvalue weighted by molar-refractivity contribution is 6.24. The first kappa shape index (κ1) is 30.8. The van der Waals surface area contributed by atoms with Gasteiger partial charge in [0.25, 0.3) is 5.91 Å². The topological polar surface area (TPSA) is 222 Å². The highest BCUT2D eigenvalue weighted by atomic mass is 16.4. The minimum absolute atomic E-state index is 0.0762. The van der Waals surface area contributed by atoms with Gasteiger partial charge in [-0.15, -0.1) is 0 Å². The third-order valence-corrected chi connectivity index (χ3v) is 13.9. The Balaban J connectivity index is 1.08. The molecule has 0 aliphatic heterocycles. The van der Waals surface area contributed by atoms with Gasteiger partial charge in [0.2, 0.25) is 11.7 Å². The molecule has 49 heavy (non-hydrogen) atoms. The Kier molecular flexibility index (Phi) is 6.12. The maximum Gasteiger partial charge on any atom is 0.255 e.